The van der Waals surface area contributed by atoms with Crippen molar-refractivity contribution in [2.45, 2.75) is 12.5 Å². The summed E-state index contributed by atoms with van der Waals surface area (Å²) in [6, 6.07) is 11.1. The van der Waals surface area contributed by atoms with Gasteiger partial charge in [-0.25, -0.2) is 0 Å². The molecule has 1 atom stereocenters. The Morgan fingerprint density at radius 2 is 1.95 bits per heavy atom. The third-order valence-electron chi connectivity index (χ3n) is 3.48. The lowest BCUT2D eigenvalue weighted by Crippen LogP contribution is -2.36. The van der Waals surface area contributed by atoms with Crippen molar-refractivity contribution in [3.05, 3.63) is 42.0 Å². The highest BCUT2D eigenvalue weighted by atomic mass is 16.2. The average molecular weight is 269 g/mol. The normalized spacial score (nSPS) is 18.0. The van der Waals surface area contributed by atoms with Crippen molar-refractivity contribution in [2.75, 3.05) is 12.3 Å². The molecule has 1 fully saturated rings. The second-order valence-corrected chi connectivity index (χ2v) is 4.97. The van der Waals surface area contributed by atoms with Crippen molar-refractivity contribution in [1.29, 1.82) is 0 Å². The maximum Gasteiger partial charge on any atom is 0.253 e. The van der Waals surface area contributed by atoms with Crippen molar-refractivity contribution in [2.24, 2.45) is 0 Å². The molecule has 4 N–H and O–H groups in total. The minimum absolute atomic E-state index is 0.0400. The lowest BCUT2D eigenvalue weighted by molar-refractivity contribution is -0.119. The number of nitrogens with two attached hydrogens (primary N) is 1. The molecular weight excluding hydrogens is 254 g/mol. The van der Waals surface area contributed by atoms with Gasteiger partial charge >= 0.3 is 0 Å². The molecule has 2 aromatic carbocycles. The summed E-state index contributed by atoms with van der Waals surface area (Å²) in [4.78, 5) is 23.4. The smallest absolute Gasteiger partial charge is 0.253 e. The first-order chi connectivity index (χ1) is 9.63. The Morgan fingerprint density at radius 3 is 2.60 bits per heavy atom. The molecule has 1 saturated heterocycles. The standard InChI is InChI=1S/C15H15N3O2/c16-13-6-10-4-2-1-3-9(10)5-12(13)15(20)18-11-7-14(19)17-8-11/h1-6,11H,7-8,16H2,(H,17,19)(H,18,20). The van der Waals surface area contributed by atoms with Crippen molar-refractivity contribution in [3.8, 4) is 0 Å². The zero-order chi connectivity index (χ0) is 14.1. The second-order valence-electron chi connectivity index (χ2n) is 4.97. The summed E-state index contributed by atoms with van der Waals surface area (Å²) in [7, 11) is 0. The fourth-order valence-corrected chi connectivity index (χ4v) is 2.42. The summed E-state index contributed by atoms with van der Waals surface area (Å²) >= 11 is 0. The molecule has 0 spiro atoms. The summed E-state index contributed by atoms with van der Waals surface area (Å²) < 4.78 is 0. The minimum Gasteiger partial charge on any atom is -0.398 e. The molecule has 2 amide bonds. The lowest BCUT2D eigenvalue weighted by atomic mass is 10.0. The van der Waals surface area contributed by atoms with Gasteiger partial charge in [0.2, 0.25) is 5.91 Å². The molecule has 20 heavy (non-hydrogen) atoms. The van der Waals surface area contributed by atoms with Gasteiger partial charge in [-0.3, -0.25) is 9.59 Å². The number of carbonyl (C=O) groups excluding carboxylic acids is 2. The predicted molar refractivity (Wildman–Crippen MR) is 77.2 cm³/mol. The van der Waals surface area contributed by atoms with E-state index in [0.29, 0.717) is 24.2 Å². The fraction of sp³-hybridized carbons (Fsp3) is 0.200. The molecular formula is C15H15N3O2. The van der Waals surface area contributed by atoms with Crippen molar-refractivity contribution in [3.63, 3.8) is 0 Å². The first kappa shape index (κ1) is 12.5. The largest absolute Gasteiger partial charge is 0.398 e. The van der Waals surface area contributed by atoms with Crippen LogP contribution in [0, 0.1) is 0 Å². The summed E-state index contributed by atoms with van der Waals surface area (Å²) in [6.45, 7) is 0.470. The van der Waals surface area contributed by atoms with Crippen LogP contribution in [0.3, 0.4) is 0 Å². The first-order valence-electron chi connectivity index (χ1n) is 6.49. The van der Waals surface area contributed by atoms with Crippen LogP contribution >= 0.6 is 0 Å². The Balaban J connectivity index is 1.87. The van der Waals surface area contributed by atoms with Crippen LogP contribution < -0.4 is 16.4 Å². The van der Waals surface area contributed by atoms with Crippen LogP contribution in [-0.2, 0) is 4.79 Å². The van der Waals surface area contributed by atoms with Crippen LogP contribution in [0.25, 0.3) is 10.8 Å². The molecule has 1 heterocycles. The molecule has 0 saturated carbocycles. The highest BCUT2D eigenvalue weighted by Gasteiger charge is 2.24. The molecule has 0 bridgehead atoms. The van der Waals surface area contributed by atoms with Crippen molar-refractivity contribution >= 4 is 28.3 Å². The van der Waals surface area contributed by atoms with Crippen LogP contribution in [0.15, 0.2) is 36.4 Å². The Morgan fingerprint density at radius 1 is 1.25 bits per heavy atom. The van der Waals surface area contributed by atoms with Crippen molar-refractivity contribution < 1.29 is 9.59 Å². The molecule has 102 valence electrons. The van der Waals surface area contributed by atoms with E-state index in [0.717, 1.165) is 10.8 Å². The maximum atomic E-state index is 12.2. The van der Waals surface area contributed by atoms with Gasteiger partial charge in [-0.2, -0.15) is 0 Å². The zero-order valence-electron chi connectivity index (χ0n) is 10.8. The quantitative estimate of drug-likeness (QED) is 0.712. The number of hydrogen-bond donors (Lipinski definition) is 3. The number of carbonyl (C=O) groups is 2. The number of amides is 2. The van der Waals surface area contributed by atoms with E-state index in [9.17, 15) is 9.59 Å². The zero-order valence-corrected chi connectivity index (χ0v) is 10.8. The monoisotopic (exact) mass is 269 g/mol. The van der Waals surface area contributed by atoms with Crippen LogP contribution in [0.4, 0.5) is 5.69 Å². The topological polar surface area (TPSA) is 84.2 Å². The highest BCUT2D eigenvalue weighted by Crippen LogP contribution is 2.22. The summed E-state index contributed by atoms with van der Waals surface area (Å²) in [6.07, 6.45) is 0.319. The Kier molecular flexibility index (Phi) is 3.02. The van der Waals surface area contributed by atoms with Gasteiger partial charge in [0.05, 0.1) is 11.6 Å². The van der Waals surface area contributed by atoms with Gasteiger partial charge in [0.15, 0.2) is 0 Å². The summed E-state index contributed by atoms with van der Waals surface area (Å²) in [5.74, 6) is -0.281. The second kappa shape index (κ2) is 4.85. The Labute approximate surface area is 116 Å². The Bertz CT molecular complexity index is 697. The van der Waals surface area contributed by atoms with E-state index in [1.54, 1.807) is 12.1 Å². The van der Waals surface area contributed by atoms with Crippen LogP contribution in [0.2, 0.25) is 0 Å². The SMILES string of the molecule is Nc1cc2ccccc2cc1C(=O)NC1CNC(=O)C1. The first-order valence-corrected chi connectivity index (χ1v) is 6.49. The molecule has 2 aromatic rings. The molecule has 1 aliphatic heterocycles. The van der Waals surface area contributed by atoms with E-state index >= 15 is 0 Å². The van der Waals surface area contributed by atoms with Gasteiger partial charge in [-0.05, 0) is 22.9 Å². The number of nitrogen functional groups attached to an aromatic ring is 1. The molecule has 5 nitrogen and oxygen atoms in total. The van der Waals surface area contributed by atoms with E-state index in [1.165, 1.54) is 0 Å². The molecule has 1 aliphatic rings. The van der Waals surface area contributed by atoms with Crippen molar-refractivity contribution in [1.82, 2.24) is 10.6 Å². The van der Waals surface area contributed by atoms with E-state index in [1.807, 2.05) is 24.3 Å². The molecule has 5 heteroatoms. The van der Waals surface area contributed by atoms with Crippen LogP contribution in [0.1, 0.15) is 16.8 Å². The summed E-state index contributed by atoms with van der Waals surface area (Å²) in [5, 5.41) is 7.48. The van der Waals surface area contributed by atoms with Gasteiger partial charge in [-0.15, -0.1) is 0 Å². The average Bonchev–Trinajstić information content (AvgIpc) is 2.83. The number of anilines is 1. The molecule has 3 rings (SSSR count). The van der Waals surface area contributed by atoms with E-state index in [2.05, 4.69) is 10.6 Å². The van der Waals surface area contributed by atoms with Crippen LogP contribution in [0.5, 0.6) is 0 Å². The highest BCUT2D eigenvalue weighted by molar-refractivity contribution is 6.04. The van der Waals surface area contributed by atoms with E-state index in [4.69, 9.17) is 5.73 Å². The number of hydrogen-bond acceptors (Lipinski definition) is 3. The molecule has 0 radical (unpaired) electrons. The van der Waals surface area contributed by atoms with Gasteiger partial charge in [0.1, 0.15) is 0 Å². The maximum absolute atomic E-state index is 12.2. The number of nitrogens with one attached hydrogen (secondary N) is 2. The fourth-order valence-electron chi connectivity index (χ4n) is 2.42. The molecule has 1 unspecified atom stereocenters. The minimum atomic E-state index is -0.241. The van der Waals surface area contributed by atoms with Gasteiger partial charge in [0, 0.05) is 18.7 Å². The van der Waals surface area contributed by atoms with E-state index in [-0.39, 0.29) is 17.9 Å². The molecule has 0 aromatic heterocycles. The number of benzene rings is 2. The van der Waals surface area contributed by atoms with Gasteiger partial charge in [0.25, 0.3) is 5.91 Å². The third kappa shape index (κ3) is 2.30. The van der Waals surface area contributed by atoms with E-state index < -0.39 is 0 Å². The number of fused-ring (bicyclic) bond motifs is 1. The Hall–Kier alpha value is -2.56. The van der Waals surface area contributed by atoms with Crippen LogP contribution in [-0.4, -0.2) is 24.4 Å². The van der Waals surface area contributed by atoms with Gasteiger partial charge < -0.3 is 16.4 Å². The summed E-state index contributed by atoms with van der Waals surface area (Å²) in [5.41, 5.74) is 6.84. The molecule has 0 aliphatic carbocycles. The predicted octanol–water partition coefficient (Wildman–Crippen LogP) is 1.04. The number of rotatable bonds is 2. The lowest BCUT2D eigenvalue weighted by Gasteiger charge is -2.12. The van der Waals surface area contributed by atoms with Gasteiger partial charge in [-0.1, -0.05) is 24.3 Å². The third-order valence-corrected chi connectivity index (χ3v) is 3.48.